The average Bonchev–Trinajstić information content (AvgIpc) is 3.13. The topological polar surface area (TPSA) is 141 Å². The number of halogens is 1. The van der Waals surface area contributed by atoms with Crippen molar-refractivity contribution >= 4 is 38.2 Å². The maximum Gasteiger partial charge on any atom is 0.296 e. The number of nitrogens with one attached hydrogen (secondary N) is 1. The van der Waals surface area contributed by atoms with Gasteiger partial charge in [-0.2, -0.15) is 18.9 Å². The summed E-state index contributed by atoms with van der Waals surface area (Å²) in [7, 11) is -3.56. The molecule has 1 aromatic heterocycles. The Morgan fingerprint density at radius 1 is 1.30 bits per heavy atom. The Labute approximate surface area is 158 Å². The molecule has 3 rings (SSSR count). The highest BCUT2D eigenvalue weighted by atomic mass is 35.5. The fourth-order valence-corrected chi connectivity index (χ4v) is 3.96. The predicted molar refractivity (Wildman–Crippen MR) is 96.0 cm³/mol. The Bertz CT molecular complexity index is 1240. The van der Waals surface area contributed by atoms with Crippen LogP contribution < -0.4 is 10.2 Å². The van der Waals surface area contributed by atoms with Gasteiger partial charge in [0, 0.05) is 23.2 Å². The number of ether oxygens (including phenoxy) is 1. The third-order valence-corrected chi connectivity index (χ3v) is 5.08. The van der Waals surface area contributed by atoms with Crippen LogP contribution in [0.1, 0.15) is 11.1 Å². The maximum absolute atomic E-state index is 12.0. The van der Waals surface area contributed by atoms with Crippen LogP contribution >= 0.6 is 11.6 Å². The molecule has 0 saturated heterocycles. The molecule has 0 amide bonds. The minimum Gasteiger partial charge on any atom is -0.495 e. The number of rotatable bonds is 4. The molecule has 11 heteroatoms. The molecule has 3 aromatic rings. The first kappa shape index (κ1) is 18.5. The Morgan fingerprint density at radius 3 is 2.52 bits per heavy atom. The summed E-state index contributed by atoms with van der Waals surface area (Å²) in [6.07, 6.45) is 4.43. The van der Waals surface area contributed by atoms with Gasteiger partial charge in [-0.3, -0.25) is 14.7 Å². The van der Waals surface area contributed by atoms with Crippen LogP contribution in [-0.2, 0) is 10.1 Å². The van der Waals surface area contributed by atoms with E-state index in [2.05, 4.69) is 10.4 Å². The summed E-state index contributed by atoms with van der Waals surface area (Å²) in [5.74, 6) is 0.135. The number of nitrogens with zero attached hydrogens (tertiary/aromatic N) is 4. The van der Waals surface area contributed by atoms with E-state index in [0.717, 1.165) is 0 Å². The third-order valence-electron chi connectivity index (χ3n) is 3.78. The van der Waals surface area contributed by atoms with Crippen molar-refractivity contribution in [2.45, 2.75) is 4.90 Å². The van der Waals surface area contributed by atoms with Gasteiger partial charge in [0.2, 0.25) is 0 Å². The molecule has 0 atom stereocenters. The molecule has 0 saturated carbocycles. The number of anilines is 1. The molecule has 1 heterocycles. The van der Waals surface area contributed by atoms with Gasteiger partial charge in [0.1, 0.15) is 29.1 Å². The van der Waals surface area contributed by atoms with Gasteiger partial charge < -0.3 is 4.74 Å². The minimum atomic E-state index is -4.89. The standard InChI is InChI=1S/C16H10ClN5O4S/c1-26-12-3-2-9-13(14(12)17)16(27(23,24)25)11(7-19)10(6-18)15(9)21-22-5-4-20-8-22/h2-5,8,21H,1H3,(H,23,24,25). The molecular formula is C16H10ClN5O4S. The number of methoxy groups -OCH3 is 1. The fraction of sp³-hybridized carbons (Fsp3) is 0.0625. The molecule has 0 radical (unpaired) electrons. The summed E-state index contributed by atoms with van der Waals surface area (Å²) in [6.45, 7) is 0. The highest BCUT2D eigenvalue weighted by Gasteiger charge is 2.29. The fourth-order valence-electron chi connectivity index (χ4n) is 2.69. The molecule has 0 fully saturated rings. The molecule has 0 spiro atoms. The van der Waals surface area contributed by atoms with E-state index in [-0.39, 0.29) is 32.8 Å². The monoisotopic (exact) mass is 403 g/mol. The van der Waals surface area contributed by atoms with E-state index in [1.54, 1.807) is 12.3 Å². The molecule has 2 aromatic carbocycles. The Morgan fingerprint density at radius 2 is 2.00 bits per heavy atom. The first-order chi connectivity index (χ1) is 12.8. The second-order valence-electron chi connectivity index (χ2n) is 5.24. The molecule has 0 aliphatic heterocycles. The third kappa shape index (κ3) is 3.02. The number of aromatic nitrogens is 2. The first-order valence-electron chi connectivity index (χ1n) is 7.22. The van der Waals surface area contributed by atoms with Crippen molar-refractivity contribution in [2.75, 3.05) is 12.5 Å². The number of benzene rings is 2. The maximum atomic E-state index is 12.0. The van der Waals surface area contributed by atoms with Crippen molar-refractivity contribution in [3.05, 3.63) is 47.0 Å². The van der Waals surface area contributed by atoms with Crippen molar-refractivity contribution in [3.8, 4) is 17.9 Å². The lowest BCUT2D eigenvalue weighted by Crippen LogP contribution is -2.12. The van der Waals surface area contributed by atoms with Crippen molar-refractivity contribution in [2.24, 2.45) is 0 Å². The van der Waals surface area contributed by atoms with Gasteiger partial charge in [0.15, 0.2) is 0 Å². The van der Waals surface area contributed by atoms with Crippen LogP contribution in [-0.4, -0.2) is 29.7 Å². The molecular weight excluding hydrogens is 394 g/mol. The Hall–Kier alpha value is -3.31. The van der Waals surface area contributed by atoms with Gasteiger partial charge in [-0.1, -0.05) is 11.6 Å². The first-order valence-corrected chi connectivity index (χ1v) is 9.04. The highest BCUT2D eigenvalue weighted by molar-refractivity contribution is 7.86. The summed E-state index contributed by atoms with van der Waals surface area (Å²) in [4.78, 5) is 3.12. The summed E-state index contributed by atoms with van der Waals surface area (Å²) >= 11 is 6.29. The van der Waals surface area contributed by atoms with Gasteiger partial charge >= 0.3 is 0 Å². The number of fused-ring (bicyclic) bond motifs is 1. The van der Waals surface area contributed by atoms with Gasteiger partial charge in [-0.05, 0) is 12.1 Å². The highest BCUT2D eigenvalue weighted by Crippen LogP contribution is 2.43. The second kappa shape index (κ2) is 6.78. The molecule has 0 aliphatic carbocycles. The molecule has 0 bridgehead atoms. The predicted octanol–water partition coefficient (Wildman–Crippen LogP) is 2.56. The molecule has 136 valence electrons. The van der Waals surface area contributed by atoms with Crippen molar-refractivity contribution < 1.29 is 17.7 Å². The molecule has 2 N–H and O–H groups in total. The van der Waals surface area contributed by atoms with E-state index >= 15 is 0 Å². The van der Waals surface area contributed by atoms with Crippen LogP contribution in [0.2, 0.25) is 5.02 Å². The molecule has 0 unspecified atom stereocenters. The lowest BCUT2D eigenvalue weighted by molar-refractivity contribution is 0.415. The van der Waals surface area contributed by atoms with Crippen molar-refractivity contribution in [3.63, 3.8) is 0 Å². The van der Waals surface area contributed by atoms with Gasteiger partial charge in [-0.25, -0.2) is 4.98 Å². The quantitative estimate of drug-likeness (QED) is 0.633. The van der Waals surface area contributed by atoms with Crippen LogP contribution in [0.3, 0.4) is 0 Å². The van der Waals surface area contributed by atoms with E-state index in [0.29, 0.717) is 0 Å². The average molecular weight is 404 g/mol. The number of hydrogen-bond donors (Lipinski definition) is 2. The van der Waals surface area contributed by atoms with Gasteiger partial charge in [0.25, 0.3) is 10.1 Å². The van der Waals surface area contributed by atoms with Crippen LogP contribution in [0.15, 0.2) is 35.7 Å². The van der Waals surface area contributed by atoms with Gasteiger partial charge in [0.05, 0.1) is 28.9 Å². The van der Waals surface area contributed by atoms with E-state index in [9.17, 15) is 23.5 Å². The van der Waals surface area contributed by atoms with Gasteiger partial charge in [-0.15, -0.1) is 0 Å². The summed E-state index contributed by atoms with van der Waals surface area (Å²) < 4.78 is 40.3. The van der Waals surface area contributed by atoms with Crippen LogP contribution in [0.5, 0.6) is 5.75 Å². The lowest BCUT2D eigenvalue weighted by atomic mass is 9.99. The van der Waals surface area contributed by atoms with Crippen LogP contribution in [0.25, 0.3) is 10.8 Å². The zero-order valence-corrected chi connectivity index (χ0v) is 15.2. The summed E-state index contributed by atoms with van der Waals surface area (Å²) in [5.41, 5.74) is 2.19. The summed E-state index contributed by atoms with van der Waals surface area (Å²) in [5, 5.41) is 19.0. The van der Waals surface area contributed by atoms with E-state index in [4.69, 9.17) is 16.3 Å². The lowest BCUT2D eigenvalue weighted by Gasteiger charge is -2.18. The zero-order chi connectivity index (χ0) is 19.8. The van der Waals surface area contributed by atoms with Crippen molar-refractivity contribution in [1.82, 2.24) is 9.66 Å². The molecule has 27 heavy (non-hydrogen) atoms. The van der Waals surface area contributed by atoms with Crippen LogP contribution in [0, 0.1) is 22.7 Å². The number of nitriles is 2. The minimum absolute atomic E-state index is 0.124. The van der Waals surface area contributed by atoms with Crippen molar-refractivity contribution in [1.29, 1.82) is 10.5 Å². The number of hydrogen-bond acceptors (Lipinski definition) is 7. The smallest absolute Gasteiger partial charge is 0.296 e. The summed E-state index contributed by atoms with van der Waals surface area (Å²) in [6, 6.07) is 6.43. The molecule has 0 aliphatic rings. The Kier molecular flexibility index (Phi) is 4.64. The molecule has 9 nitrogen and oxygen atoms in total. The van der Waals surface area contributed by atoms with Crippen LogP contribution in [0.4, 0.5) is 5.69 Å². The zero-order valence-electron chi connectivity index (χ0n) is 13.6. The van der Waals surface area contributed by atoms with E-state index in [1.165, 1.54) is 36.4 Å². The Balaban J connectivity index is 2.59. The van der Waals surface area contributed by atoms with E-state index in [1.807, 2.05) is 6.07 Å². The SMILES string of the molecule is COc1ccc2c(Nn3ccnc3)c(C#N)c(C#N)c(S(=O)(=O)O)c2c1Cl. The second-order valence-corrected chi connectivity index (χ2v) is 6.98. The number of imidazole rings is 1. The largest absolute Gasteiger partial charge is 0.495 e. The van der Waals surface area contributed by atoms with E-state index < -0.39 is 20.6 Å². The normalized spacial score (nSPS) is 11.0.